The Morgan fingerprint density at radius 2 is 1.85 bits per heavy atom. The molecule has 1 aliphatic carbocycles. The molecule has 1 saturated carbocycles. The third-order valence-electron chi connectivity index (χ3n) is 12.0. The molecule has 3 aliphatic rings. The Bertz CT molecular complexity index is 2490. The van der Waals surface area contributed by atoms with Crippen LogP contribution in [0.3, 0.4) is 0 Å². The van der Waals surface area contributed by atoms with Crippen molar-refractivity contribution in [2.75, 3.05) is 44.0 Å². The second-order valence-electron chi connectivity index (χ2n) is 15.7. The molecule has 5 aromatic rings. The summed E-state index contributed by atoms with van der Waals surface area (Å²) in [7, 11) is 5.04. The number of imide groups is 1. The van der Waals surface area contributed by atoms with Gasteiger partial charge in [-0.1, -0.05) is 6.07 Å². The molecule has 1 aromatic carbocycles. The number of hydrogen-bond acceptors (Lipinski definition) is 10. The molecule has 0 bridgehead atoms. The number of alkyl halides is 4. The highest BCUT2D eigenvalue weighted by molar-refractivity contribution is 6.04. The number of methoxy groups -OCH3 is 1. The van der Waals surface area contributed by atoms with E-state index in [0.29, 0.717) is 41.6 Å². The van der Waals surface area contributed by atoms with Crippen molar-refractivity contribution >= 4 is 45.6 Å². The monoisotopic (exact) mass is 820 g/mol. The lowest BCUT2D eigenvalue weighted by atomic mass is 9.80. The van der Waals surface area contributed by atoms with Crippen molar-refractivity contribution in [1.82, 2.24) is 38.9 Å². The molecule has 2 saturated heterocycles. The van der Waals surface area contributed by atoms with Gasteiger partial charge in [-0.05, 0) is 75.8 Å². The molecular formula is C40H44F4N10O5. The van der Waals surface area contributed by atoms with Gasteiger partial charge in [-0.3, -0.25) is 33.8 Å². The van der Waals surface area contributed by atoms with Gasteiger partial charge < -0.3 is 19.9 Å². The number of benzene rings is 1. The minimum Gasteiger partial charge on any atom is -0.493 e. The third-order valence-corrected chi connectivity index (χ3v) is 12.0. The fourth-order valence-corrected chi connectivity index (χ4v) is 8.99. The van der Waals surface area contributed by atoms with Gasteiger partial charge in [0, 0.05) is 38.5 Å². The van der Waals surface area contributed by atoms with Crippen LogP contribution in [0.2, 0.25) is 0 Å². The van der Waals surface area contributed by atoms with Crippen LogP contribution in [0.4, 0.5) is 28.9 Å². The van der Waals surface area contributed by atoms with Gasteiger partial charge in [0.05, 0.1) is 65.9 Å². The normalized spacial score (nSPS) is 22.9. The number of pyridine rings is 1. The number of nitrogens with zero attached hydrogens (tertiary/aromatic N) is 8. The number of fused-ring (bicyclic) bond motifs is 2. The van der Waals surface area contributed by atoms with Gasteiger partial charge in [-0.2, -0.15) is 18.3 Å². The van der Waals surface area contributed by atoms with Gasteiger partial charge in [0.25, 0.3) is 5.91 Å². The standard InChI is InChI=1S/C40H44F4N10O5/c1-50(29-13-14-52(20-25(29)41)30-5-4-6-31-36(30)51(2)39(58)54(31)32-11-12-35(55)48-38(32)57)19-22-7-9-23(10-8-22)26-15-24-16-27(33(59-3)21-53(24)49-26)47-37(56)28-17-45-18-34(46-28)40(42,43)44/h4-6,15-18,21-23,25,29,32H,7-14,19-20H2,1-3H3,(H,47,56)(H,48,55,57)/t22?,23?,25-,29-,32?/m0/s1. The van der Waals surface area contributed by atoms with E-state index >= 15 is 4.39 Å². The van der Waals surface area contributed by atoms with Gasteiger partial charge in [0.2, 0.25) is 11.8 Å². The molecule has 3 amide bonds. The van der Waals surface area contributed by atoms with Crippen molar-refractivity contribution < 1.29 is 36.7 Å². The van der Waals surface area contributed by atoms with Crippen molar-refractivity contribution in [3.05, 3.63) is 76.5 Å². The molecule has 0 radical (unpaired) electrons. The zero-order valence-electron chi connectivity index (χ0n) is 32.7. The number of aromatic nitrogens is 6. The number of anilines is 2. The molecule has 1 unspecified atom stereocenters. The number of rotatable bonds is 9. The topological polar surface area (TPSA) is 161 Å². The second kappa shape index (κ2) is 15.7. The molecule has 3 fully saturated rings. The SMILES string of the molecule is COc1cn2nc(C3CCC(CN(C)[C@H]4CCN(c5cccc6c5n(C)c(=O)n6C5CCC(=O)NC5=O)C[C@@H]4F)CC3)cc2cc1NC(=O)c1cncc(C(F)(F)F)n1. The lowest BCUT2D eigenvalue weighted by molar-refractivity contribution is -0.141. The zero-order chi connectivity index (χ0) is 41.7. The van der Waals surface area contributed by atoms with Crippen LogP contribution >= 0.6 is 0 Å². The quantitative estimate of drug-likeness (QED) is 0.155. The number of halogens is 4. The number of amides is 3. The Hall–Kier alpha value is -5.85. The Balaban J connectivity index is 0.881. The van der Waals surface area contributed by atoms with Crippen LogP contribution in [0.1, 0.15) is 78.8 Å². The van der Waals surface area contributed by atoms with Gasteiger partial charge >= 0.3 is 11.9 Å². The number of aryl methyl sites for hydroxylation is 1. The third kappa shape index (κ3) is 7.74. The molecular weight excluding hydrogens is 776 g/mol. The van der Waals surface area contributed by atoms with E-state index in [1.807, 2.05) is 30.1 Å². The highest BCUT2D eigenvalue weighted by atomic mass is 19.4. The van der Waals surface area contributed by atoms with Crippen LogP contribution in [0.25, 0.3) is 16.6 Å². The zero-order valence-corrected chi connectivity index (χ0v) is 32.7. The maximum absolute atomic E-state index is 16.1. The van der Waals surface area contributed by atoms with Crippen molar-refractivity contribution in [1.29, 1.82) is 0 Å². The summed E-state index contributed by atoms with van der Waals surface area (Å²) in [5.41, 5.74) is 1.58. The van der Waals surface area contributed by atoms with Gasteiger partial charge in [0.1, 0.15) is 17.9 Å². The van der Waals surface area contributed by atoms with Crippen LogP contribution < -0.4 is 26.0 Å². The number of carbonyl (C=O) groups is 3. The molecule has 0 spiro atoms. The predicted molar refractivity (Wildman–Crippen MR) is 208 cm³/mol. The minimum atomic E-state index is -4.75. The highest BCUT2D eigenvalue weighted by Crippen LogP contribution is 2.38. The number of imidazole rings is 1. The summed E-state index contributed by atoms with van der Waals surface area (Å²) in [6.07, 6.45) is 1.82. The van der Waals surface area contributed by atoms with E-state index in [1.165, 1.54) is 16.2 Å². The second-order valence-corrected chi connectivity index (χ2v) is 15.7. The molecule has 8 rings (SSSR count). The van der Waals surface area contributed by atoms with Gasteiger partial charge in [-0.25, -0.2) is 18.7 Å². The summed E-state index contributed by atoms with van der Waals surface area (Å²) in [5.74, 6) is -0.921. The van der Waals surface area contributed by atoms with E-state index in [1.54, 1.807) is 29.9 Å². The fourth-order valence-electron chi connectivity index (χ4n) is 8.99. The van der Waals surface area contributed by atoms with E-state index in [-0.39, 0.29) is 54.4 Å². The molecule has 6 heterocycles. The molecule has 4 aromatic heterocycles. The van der Waals surface area contributed by atoms with Crippen molar-refractivity contribution in [2.45, 2.75) is 75.3 Å². The molecule has 2 aliphatic heterocycles. The summed E-state index contributed by atoms with van der Waals surface area (Å²) < 4.78 is 65.6. The molecule has 2 N–H and O–H groups in total. The average Bonchev–Trinajstić information content (AvgIpc) is 3.74. The van der Waals surface area contributed by atoms with Crippen molar-refractivity contribution in [3.8, 4) is 5.75 Å². The Morgan fingerprint density at radius 1 is 1.07 bits per heavy atom. The summed E-state index contributed by atoms with van der Waals surface area (Å²) in [5, 5.41) is 9.71. The van der Waals surface area contributed by atoms with E-state index in [2.05, 4.69) is 25.5 Å². The van der Waals surface area contributed by atoms with Crippen LogP contribution in [-0.4, -0.2) is 97.3 Å². The van der Waals surface area contributed by atoms with E-state index in [0.717, 1.165) is 49.8 Å². The molecule has 19 heteroatoms. The first-order valence-electron chi connectivity index (χ1n) is 19.6. The summed E-state index contributed by atoms with van der Waals surface area (Å²) in [6, 6.07) is 7.97. The number of piperidine rings is 2. The maximum atomic E-state index is 16.1. The molecule has 59 heavy (non-hydrogen) atoms. The van der Waals surface area contributed by atoms with E-state index < -0.39 is 41.6 Å². The predicted octanol–water partition coefficient (Wildman–Crippen LogP) is 4.86. The first-order valence-corrected chi connectivity index (χ1v) is 19.6. The van der Waals surface area contributed by atoms with Crippen LogP contribution in [0, 0.1) is 5.92 Å². The van der Waals surface area contributed by atoms with Crippen molar-refractivity contribution in [3.63, 3.8) is 0 Å². The number of nitrogens with one attached hydrogen (secondary N) is 2. The van der Waals surface area contributed by atoms with E-state index in [9.17, 15) is 32.3 Å². The minimum absolute atomic E-state index is 0.144. The van der Waals surface area contributed by atoms with Crippen LogP contribution in [0.15, 0.2) is 53.7 Å². The number of hydrogen-bond donors (Lipinski definition) is 2. The number of carbonyl (C=O) groups excluding carboxylic acids is 3. The number of ether oxygens (including phenoxy) is 1. The first kappa shape index (κ1) is 40.0. The van der Waals surface area contributed by atoms with Crippen molar-refractivity contribution in [2.24, 2.45) is 13.0 Å². The fraction of sp³-hybridized carbons (Fsp3) is 0.475. The smallest absolute Gasteiger partial charge is 0.434 e. The first-order chi connectivity index (χ1) is 28.2. The lowest BCUT2D eigenvalue weighted by Crippen LogP contribution is -2.52. The molecule has 15 nitrogen and oxygen atoms in total. The largest absolute Gasteiger partial charge is 0.493 e. The Morgan fingerprint density at radius 3 is 2.56 bits per heavy atom. The summed E-state index contributed by atoms with van der Waals surface area (Å²) in [4.78, 5) is 61.8. The van der Waals surface area contributed by atoms with Gasteiger partial charge in [-0.15, -0.1) is 0 Å². The lowest BCUT2D eigenvalue weighted by Gasteiger charge is -2.42. The van der Waals surface area contributed by atoms with Crippen LogP contribution in [0.5, 0.6) is 5.75 Å². The Kier molecular flexibility index (Phi) is 10.6. The summed E-state index contributed by atoms with van der Waals surface area (Å²) >= 11 is 0. The molecule has 3 atom stereocenters. The highest BCUT2D eigenvalue weighted by Gasteiger charge is 2.37. The van der Waals surface area contributed by atoms with Crippen LogP contribution in [-0.2, 0) is 22.8 Å². The van der Waals surface area contributed by atoms with Gasteiger partial charge in [0.15, 0.2) is 11.4 Å². The molecule has 312 valence electrons. The maximum Gasteiger partial charge on any atom is 0.434 e. The Labute approximate surface area is 335 Å². The number of para-hydroxylation sites is 1. The summed E-state index contributed by atoms with van der Waals surface area (Å²) in [6.45, 7) is 1.49. The van der Waals surface area contributed by atoms with E-state index in [4.69, 9.17) is 9.84 Å². The average molecular weight is 821 g/mol.